The Morgan fingerprint density at radius 1 is 0.885 bits per heavy atom. The average Bonchev–Trinajstić information content (AvgIpc) is 3.17. The van der Waals surface area contributed by atoms with Crippen LogP contribution in [0.2, 0.25) is 0 Å². The summed E-state index contributed by atoms with van der Waals surface area (Å²) in [4.78, 5) is 4.45. The highest BCUT2D eigenvalue weighted by Gasteiger charge is 2.19. The first-order valence-corrected chi connectivity index (χ1v) is 8.89. The van der Waals surface area contributed by atoms with Gasteiger partial charge in [0.1, 0.15) is 5.82 Å². The molecule has 6 heteroatoms. The van der Waals surface area contributed by atoms with Gasteiger partial charge in [-0.3, -0.25) is 4.90 Å². The number of rotatable bonds is 5. The van der Waals surface area contributed by atoms with Crippen molar-refractivity contribution < 1.29 is 8.81 Å². The summed E-state index contributed by atoms with van der Waals surface area (Å²) < 4.78 is 19.7. The van der Waals surface area contributed by atoms with Crippen molar-refractivity contribution in [3.63, 3.8) is 0 Å². The lowest BCUT2D eigenvalue weighted by Crippen LogP contribution is -2.47. The van der Waals surface area contributed by atoms with Crippen LogP contribution in [0.15, 0.2) is 59.0 Å². The largest absolute Gasteiger partial charge is 0.421 e. The lowest BCUT2D eigenvalue weighted by molar-refractivity contribution is 0.253. The Morgan fingerprint density at radius 2 is 1.62 bits per heavy atom. The summed E-state index contributed by atoms with van der Waals surface area (Å²) in [7, 11) is 0. The van der Waals surface area contributed by atoms with Crippen LogP contribution < -0.4 is 4.90 Å². The maximum Gasteiger partial charge on any atom is 0.247 e. The Morgan fingerprint density at radius 3 is 2.38 bits per heavy atom. The molecular weight excluding hydrogens is 331 g/mol. The van der Waals surface area contributed by atoms with Crippen molar-refractivity contribution >= 4 is 5.69 Å². The molecule has 4 rings (SSSR count). The van der Waals surface area contributed by atoms with Gasteiger partial charge in [0.25, 0.3) is 0 Å². The highest BCUT2D eigenvalue weighted by molar-refractivity contribution is 5.51. The van der Waals surface area contributed by atoms with E-state index < -0.39 is 0 Å². The van der Waals surface area contributed by atoms with Crippen LogP contribution in [0.25, 0.3) is 11.5 Å². The lowest BCUT2D eigenvalue weighted by atomic mass is 10.2. The number of hydrogen-bond acceptors (Lipinski definition) is 5. The van der Waals surface area contributed by atoms with Gasteiger partial charge in [0.2, 0.25) is 11.8 Å². The van der Waals surface area contributed by atoms with E-state index >= 15 is 0 Å². The van der Waals surface area contributed by atoms with Gasteiger partial charge in [0, 0.05) is 44.7 Å². The first-order chi connectivity index (χ1) is 12.8. The number of para-hydroxylation sites is 1. The zero-order valence-electron chi connectivity index (χ0n) is 14.5. The summed E-state index contributed by atoms with van der Waals surface area (Å²) >= 11 is 0. The third-order valence-electron chi connectivity index (χ3n) is 4.69. The normalized spacial score (nSPS) is 15.3. The maximum atomic E-state index is 13.9. The van der Waals surface area contributed by atoms with Crippen LogP contribution in [0.4, 0.5) is 10.1 Å². The molecule has 0 N–H and O–H groups in total. The predicted molar refractivity (Wildman–Crippen MR) is 98.5 cm³/mol. The summed E-state index contributed by atoms with van der Waals surface area (Å²) in [6, 6.07) is 16.7. The fourth-order valence-corrected chi connectivity index (χ4v) is 3.23. The summed E-state index contributed by atoms with van der Waals surface area (Å²) in [5.74, 6) is 1.06. The molecular formula is C20H21FN4O. The summed E-state index contributed by atoms with van der Waals surface area (Å²) in [6.45, 7) is 4.30. The topological polar surface area (TPSA) is 45.4 Å². The van der Waals surface area contributed by atoms with Gasteiger partial charge < -0.3 is 9.32 Å². The first kappa shape index (κ1) is 16.7. The van der Waals surface area contributed by atoms with Crippen LogP contribution in [0.3, 0.4) is 0 Å². The lowest BCUT2D eigenvalue weighted by Gasteiger charge is -2.36. The number of nitrogens with zero attached hydrogens (tertiary/aromatic N) is 4. The molecule has 0 amide bonds. The molecule has 134 valence electrons. The van der Waals surface area contributed by atoms with Crippen molar-refractivity contribution in [1.29, 1.82) is 0 Å². The minimum Gasteiger partial charge on any atom is -0.421 e. The standard InChI is InChI=1S/C20H21FN4O/c21-17-8-4-5-9-18(17)25-14-12-24(13-15-25)11-10-19-22-23-20(26-19)16-6-2-1-3-7-16/h1-9H,10-15H2. The first-order valence-electron chi connectivity index (χ1n) is 8.89. The average molecular weight is 352 g/mol. The van der Waals surface area contributed by atoms with E-state index in [1.165, 1.54) is 6.07 Å². The molecule has 0 saturated carbocycles. The van der Waals surface area contributed by atoms with E-state index in [2.05, 4.69) is 20.0 Å². The minimum absolute atomic E-state index is 0.153. The number of benzene rings is 2. The van der Waals surface area contributed by atoms with Crippen molar-refractivity contribution in [2.24, 2.45) is 0 Å². The number of piperazine rings is 1. The molecule has 1 fully saturated rings. The van der Waals surface area contributed by atoms with Gasteiger partial charge in [-0.05, 0) is 24.3 Å². The third-order valence-corrected chi connectivity index (χ3v) is 4.69. The molecule has 2 heterocycles. The highest BCUT2D eigenvalue weighted by Crippen LogP contribution is 2.20. The summed E-state index contributed by atoms with van der Waals surface area (Å²) in [5.41, 5.74) is 1.63. The van der Waals surface area contributed by atoms with E-state index in [9.17, 15) is 4.39 Å². The van der Waals surface area contributed by atoms with Crippen LogP contribution in [0, 0.1) is 5.82 Å². The van der Waals surface area contributed by atoms with Crippen LogP contribution in [-0.2, 0) is 6.42 Å². The molecule has 1 aliphatic heterocycles. The van der Waals surface area contributed by atoms with E-state index in [0.717, 1.165) is 44.7 Å². The maximum absolute atomic E-state index is 13.9. The van der Waals surface area contributed by atoms with E-state index in [0.29, 0.717) is 17.5 Å². The molecule has 5 nitrogen and oxygen atoms in total. The van der Waals surface area contributed by atoms with Crippen LogP contribution in [0.5, 0.6) is 0 Å². The van der Waals surface area contributed by atoms with E-state index in [-0.39, 0.29) is 5.82 Å². The van der Waals surface area contributed by atoms with E-state index in [1.54, 1.807) is 6.07 Å². The van der Waals surface area contributed by atoms with Gasteiger partial charge in [-0.15, -0.1) is 10.2 Å². The molecule has 0 spiro atoms. The quantitative estimate of drug-likeness (QED) is 0.705. The van der Waals surface area contributed by atoms with Gasteiger partial charge in [-0.2, -0.15) is 0 Å². The van der Waals surface area contributed by atoms with E-state index in [1.807, 2.05) is 42.5 Å². The highest BCUT2D eigenvalue weighted by atomic mass is 19.1. The molecule has 3 aromatic rings. The minimum atomic E-state index is -0.153. The molecule has 0 atom stereocenters. The molecule has 0 unspecified atom stereocenters. The fraction of sp³-hybridized carbons (Fsp3) is 0.300. The number of hydrogen-bond donors (Lipinski definition) is 0. The molecule has 0 aliphatic carbocycles. The number of halogens is 1. The predicted octanol–water partition coefficient (Wildman–Crippen LogP) is 3.24. The van der Waals surface area contributed by atoms with Crippen molar-refractivity contribution in [3.05, 3.63) is 66.3 Å². The molecule has 1 aromatic heterocycles. The SMILES string of the molecule is Fc1ccccc1N1CCN(CCc2nnc(-c3ccccc3)o2)CC1. The Hall–Kier alpha value is -2.73. The van der Waals surface area contributed by atoms with Crippen molar-refractivity contribution in [2.45, 2.75) is 6.42 Å². The Balaban J connectivity index is 1.29. The van der Waals surface area contributed by atoms with Crippen molar-refractivity contribution in [2.75, 3.05) is 37.6 Å². The zero-order chi connectivity index (χ0) is 17.8. The van der Waals surface area contributed by atoms with E-state index in [4.69, 9.17) is 4.42 Å². The van der Waals surface area contributed by atoms with Gasteiger partial charge in [0.15, 0.2) is 0 Å². The molecule has 2 aromatic carbocycles. The monoisotopic (exact) mass is 352 g/mol. The molecule has 26 heavy (non-hydrogen) atoms. The molecule has 0 bridgehead atoms. The zero-order valence-corrected chi connectivity index (χ0v) is 14.5. The van der Waals surface area contributed by atoms with Crippen molar-refractivity contribution in [3.8, 4) is 11.5 Å². The second-order valence-corrected chi connectivity index (χ2v) is 6.40. The van der Waals surface area contributed by atoms with Crippen LogP contribution in [0.1, 0.15) is 5.89 Å². The van der Waals surface area contributed by atoms with Gasteiger partial charge in [-0.1, -0.05) is 30.3 Å². The Kier molecular flexibility index (Phi) is 4.93. The molecule has 1 aliphatic rings. The number of anilines is 1. The van der Waals surface area contributed by atoms with Gasteiger partial charge in [0.05, 0.1) is 5.69 Å². The number of aromatic nitrogens is 2. The Bertz CT molecular complexity index is 844. The molecule has 1 saturated heterocycles. The fourth-order valence-electron chi connectivity index (χ4n) is 3.23. The van der Waals surface area contributed by atoms with Gasteiger partial charge in [-0.25, -0.2) is 4.39 Å². The second kappa shape index (κ2) is 7.66. The Labute approximate surface area is 152 Å². The van der Waals surface area contributed by atoms with Gasteiger partial charge >= 0.3 is 0 Å². The summed E-state index contributed by atoms with van der Waals surface area (Å²) in [5, 5.41) is 8.27. The smallest absolute Gasteiger partial charge is 0.247 e. The molecule has 0 radical (unpaired) electrons. The third kappa shape index (κ3) is 3.75. The second-order valence-electron chi connectivity index (χ2n) is 6.40. The van der Waals surface area contributed by atoms with Crippen molar-refractivity contribution in [1.82, 2.24) is 15.1 Å². The summed E-state index contributed by atoms with van der Waals surface area (Å²) in [6.07, 6.45) is 0.722. The van der Waals surface area contributed by atoms with Crippen LogP contribution in [-0.4, -0.2) is 47.8 Å². The van der Waals surface area contributed by atoms with Crippen LogP contribution >= 0.6 is 0 Å².